The lowest BCUT2D eigenvalue weighted by Gasteiger charge is -2.32. The van der Waals surface area contributed by atoms with Crippen molar-refractivity contribution in [1.82, 2.24) is 0 Å². The molecule has 0 aromatic heterocycles. The molecule has 0 saturated heterocycles. The fourth-order valence-corrected chi connectivity index (χ4v) is 4.35. The van der Waals surface area contributed by atoms with Crippen molar-refractivity contribution in [1.29, 1.82) is 0 Å². The summed E-state index contributed by atoms with van der Waals surface area (Å²) >= 11 is 0. The van der Waals surface area contributed by atoms with E-state index in [1.165, 1.54) is 53.5 Å². The maximum atomic E-state index is 4.34. The molecule has 2 aliphatic rings. The molecule has 2 aromatic carbocycles. The molecular weight excluding hydrogens is 264 g/mol. The zero-order chi connectivity index (χ0) is 15.0. The minimum atomic E-state index is 0.124. The van der Waals surface area contributed by atoms with Crippen LogP contribution in [0.5, 0.6) is 0 Å². The molecule has 0 fully saturated rings. The van der Waals surface area contributed by atoms with Crippen molar-refractivity contribution >= 4 is 0 Å². The molecule has 0 N–H and O–H groups in total. The second-order valence-corrected chi connectivity index (χ2v) is 6.66. The normalized spacial score (nSPS) is 20.6. The summed E-state index contributed by atoms with van der Waals surface area (Å²) in [6.45, 7) is 4.34. The van der Waals surface area contributed by atoms with Gasteiger partial charge < -0.3 is 0 Å². The topological polar surface area (TPSA) is 0 Å². The Kier molecular flexibility index (Phi) is 3.26. The van der Waals surface area contributed by atoms with Gasteiger partial charge in [-0.1, -0.05) is 79.3 Å². The molecule has 0 amide bonds. The lowest BCUT2D eigenvalue weighted by Crippen LogP contribution is -2.25. The maximum absolute atomic E-state index is 4.34. The Morgan fingerprint density at radius 1 is 0.818 bits per heavy atom. The average Bonchev–Trinajstić information content (AvgIpc) is 2.87. The van der Waals surface area contributed by atoms with Gasteiger partial charge >= 0.3 is 0 Å². The predicted octanol–water partition coefficient (Wildman–Crippen LogP) is 6.03. The van der Waals surface area contributed by atoms with E-state index in [4.69, 9.17) is 0 Å². The van der Waals surface area contributed by atoms with Crippen molar-refractivity contribution in [2.75, 3.05) is 0 Å². The van der Waals surface area contributed by atoms with Crippen molar-refractivity contribution < 1.29 is 0 Å². The Bertz CT molecular complexity index is 703. The molecule has 1 spiro atoms. The molecule has 2 aromatic rings. The lowest BCUT2D eigenvalue weighted by molar-refractivity contribution is 0.459. The number of rotatable bonds is 0. The minimum absolute atomic E-state index is 0.124. The zero-order valence-corrected chi connectivity index (χ0v) is 13.0. The highest BCUT2D eigenvalue weighted by Crippen LogP contribution is 2.54. The summed E-state index contributed by atoms with van der Waals surface area (Å²) < 4.78 is 0. The average molecular weight is 286 g/mol. The number of fused-ring (bicyclic) bond motifs is 5. The number of allylic oxidation sites excluding steroid dienone is 3. The highest BCUT2D eigenvalue weighted by molar-refractivity contribution is 5.81. The van der Waals surface area contributed by atoms with Crippen LogP contribution >= 0.6 is 0 Å². The van der Waals surface area contributed by atoms with Gasteiger partial charge in [0, 0.05) is 5.41 Å². The van der Waals surface area contributed by atoms with E-state index < -0.39 is 0 Å². The van der Waals surface area contributed by atoms with Crippen LogP contribution in [0, 0.1) is 0 Å². The van der Waals surface area contributed by atoms with Gasteiger partial charge in [0.25, 0.3) is 0 Å². The molecule has 0 heteroatoms. The first-order valence-electron chi connectivity index (χ1n) is 8.35. The van der Waals surface area contributed by atoms with Gasteiger partial charge in [0.1, 0.15) is 0 Å². The second-order valence-electron chi connectivity index (χ2n) is 6.66. The fourth-order valence-electron chi connectivity index (χ4n) is 4.35. The van der Waals surface area contributed by atoms with Gasteiger partial charge in [-0.2, -0.15) is 0 Å². The van der Waals surface area contributed by atoms with Gasteiger partial charge in [-0.05, 0) is 47.9 Å². The van der Waals surface area contributed by atoms with E-state index in [2.05, 4.69) is 67.3 Å². The minimum Gasteiger partial charge on any atom is -0.0958 e. The highest BCUT2D eigenvalue weighted by atomic mass is 14.4. The first-order chi connectivity index (χ1) is 10.8. The van der Waals surface area contributed by atoms with Crippen LogP contribution in [-0.2, 0) is 5.41 Å². The second kappa shape index (κ2) is 5.28. The van der Waals surface area contributed by atoms with Gasteiger partial charge in [0.15, 0.2) is 0 Å². The van der Waals surface area contributed by atoms with Crippen LogP contribution in [0.2, 0.25) is 0 Å². The molecule has 0 heterocycles. The van der Waals surface area contributed by atoms with E-state index in [0.29, 0.717) is 0 Å². The van der Waals surface area contributed by atoms with Gasteiger partial charge in [-0.3, -0.25) is 0 Å². The molecular formula is C22H22. The van der Waals surface area contributed by atoms with Crippen LogP contribution in [0.15, 0.2) is 72.8 Å². The van der Waals surface area contributed by atoms with Crippen LogP contribution in [0.1, 0.15) is 43.2 Å². The molecule has 0 unspecified atom stereocenters. The Morgan fingerprint density at radius 2 is 1.45 bits per heavy atom. The summed E-state index contributed by atoms with van der Waals surface area (Å²) in [6.07, 6.45) is 10.5. The van der Waals surface area contributed by atoms with E-state index >= 15 is 0 Å². The summed E-state index contributed by atoms with van der Waals surface area (Å²) in [5.74, 6) is 0. The monoisotopic (exact) mass is 286 g/mol. The molecule has 22 heavy (non-hydrogen) atoms. The molecule has 0 aliphatic heterocycles. The van der Waals surface area contributed by atoms with Gasteiger partial charge in [-0.25, -0.2) is 0 Å². The molecule has 0 atom stereocenters. The molecule has 2 aliphatic carbocycles. The van der Waals surface area contributed by atoms with E-state index in [9.17, 15) is 0 Å². The van der Waals surface area contributed by atoms with E-state index in [1.54, 1.807) is 0 Å². The summed E-state index contributed by atoms with van der Waals surface area (Å²) in [5, 5.41) is 0. The molecule has 0 bridgehead atoms. The summed E-state index contributed by atoms with van der Waals surface area (Å²) in [5.41, 5.74) is 7.25. The van der Waals surface area contributed by atoms with Crippen molar-refractivity contribution in [3.8, 4) is 11.1 Å². The van der Waals surface area contributed by atoms with Crippen molar-refractivity contribution in [2.24, 2.45) is 0 Å². The van der Waals surface area contributed by atoms with Crippen LogP contribution in [0.3, 0.4) is 0 Å². The quantitative estimate of drug-likeness (QED) is 0.554. The Hall–Kier alpha value is -2.08. The molecule has 0 saturated carbocycles. The van der Waals surface area contributed by atoms with E-state index in [1.807, 2.05) is 0 Å². The van der Waals surface area contributed by atoms with Crippen LogP contribution in [-0.4, -0.2) is 0 Å². The predicted molar refractivity (Wildman–Crippen MR) is 94.0 cm³/mol. The maximum Gasteiger partial charge on any atom is 0.0255 e. The van der Waals surface area contributed by atoms with Gasteiger partial charge in [-0.15, -0.1) is 0 Å². The third-order valence-electron chi connectivity index (χ3n) is 5.28. The van der Waals surface area contributed by atoms with Gasteiger partial charge in [0.05, 0.1) is 0 Å². The first-order valence-corrected chi connectivity index (χ1v) is 8.35. The number of hydrogen-bond acceptors (Lipinski definition) is 0. The van der Waals surface area contributed by atoms with Crippen LogP contribution < -0.4 is 0 Å². The third-order valence-corrected chi connectivity index (χ3v) is 5.28. The first kappa shape index (κ1) is 13.6. The lowest BCUT2D eigenvalue weighted by atomic mass is 9.70. The SMILES string of the molecule is C=C1/C=C\CCCCC2(C1)c1ccccc1-c1ccccc12. The number of hydrogen-bond donors (Lipinski definition) is 0. The fraction of sp³-hybridized carbons (Fsp3) is 0.273. The molecule has 4 rings (SSSR count). The Balaban J connectivity index is 1.95. The molecule has 0 nitrogen and oxygen atoms in total. The number of benzene rings is 2. The highest BCUT2D eigenvalue weighted by Gasteiger charge is 2.42. The zero-order valence-electron chi connectivity index (χ0n) is 13.0. The standard InChI is InChI=1S/C22H22/c1-17-10-4-2-3-9-15-22(16-17)20-13-7-5-11-18(20)19-12-6-8-14-21(19)22/h4-8,10-14H,1-3,9,15-16H2/b10-4-. The van der Waals surface area contributed by atoms with Crippen molar-refractivity contribution in [3.05, 3.63) is 84.0 Å². The molecule has 0 radical (unpaired) electrons. The summed E-state index contributed by atoms with van der Waals surface area (Å²) in [6, 6.07) is 18.0. The third kappa shape index (κ3) is 1.98. The van der Waals surface area contributed by atoms with E-state index in [-0.39, 0.29) is 5.41 Å². The Labute approximate surface area is 133 Å². The van der Waals surface area contributed by atoms with Gasteiger partial charge in [0.2, 0.25) is 0 Å². The van der Waals surface area contributed by atoms with E-state index in [0.717, 1.165) is 6.42 Å². The van der Waals surface area contributed by atoms with Crippen LogP contribution in [0.25, 0.3) is 11.1 Å². The van der Waals surface area contributed by atoms with Crippen LogP contribution in [0.4, 0.5) is 0 Å². The largest absolute Gasteiger partial charge is 0.0958 e. The van der Waals surface area contributed by atoms with Crippen molar-refractivity contribution in [2.45, 2.75) is 37.5 Å². The summed E-state index contributed by atoms with van der Waals surface area (Å²) in [7, 11) is 0. The molecule has 110 valence electrons. The summed E-state index contributed by atoms with van der Waals surface area (Å²) in [4.78, 5) is 0. The Morgan fingerprint density at radius 3 is 2.14 bits per heavy atom. The van der Waals surface area contributed by atoms with Crippen molar-refractivity contribution in [3.63, 3.8) is 0 Å². The smallest absolute Gasteiger partial charge is 0.0255 e.